The van der Waals surface area contributed by atoms with Crippen molar-refractivity contribution < 1.29 is 4.79 Å². The first-order valence-corrected chi connectivity index (χ1v) is 12.6. The minimum Gasteiger partial charge on any atom is -0.380 e. The number of nitrogens with one attached hydrogen (secondary N) is 1. The number of likely N-dealkylation sites (N-methyl/N-ethyl adjacent to an activating group) is 1. The topological polar surface area (TPSA) is 121 Å². The van der Waals surface area contributed by atoms with Gasteiger partial charge in [-0.3, -0.25) is 4.79 Å². The molecule has 3 N–H and O–H groups in total. The smallest absolute Gasteiger partial charge is 0.243 e. The van der Waals surface area contributed by atoms with Crippen LogP contribution >= 0.6 is 0 Å². The molecule has 1 aliphatic rings. The number of carbonyl (C=O) groups is 1. The number of nitrogens with two attached hydrogens (primary N) is 1. The van der Waals surface area contributed by atoms with Crippen LogP contribution in [0.3, 0.4) is 0 Å². The monoisotopic (exact) mass is 494 g/mol. The Balaban J connectivity index is 1.46. The van der Waals surface area contributed by atoms with Crippen LogP contribution in [0, 0.1) is 6.92 Å². The predicted molar refractivity (Wildman–Crippen MR) is 142 cm³/mol. The number of fused-ring (bicyclic) bond motifs is 1. The molecule has 1 atom stereocenters. The van der Waals surface area contributed by atoms with Gasteiger partial charge in [-0.2, -0.15) is 4.98 Å². The lowest BCUT2D eigenvalue weighted by Crippen LogP contribution is -2.51. The molecule has 0 aliphatic carbocycles. The number of amides is 1. The Hall–Kier alpha value is -3.47. The summed E-state index contributed by atoms with van der Waals surface area (Å²) < 4.78 is 1.77. The normalized spacial score (nSPS) is 15.1. The maximum absolute atomic E-state index is 12.4. The Labute approximate surface area is 212 Å². The molecule has 0 unspecified atom stereocenters. The second-order valence-corrected chi connectivity index (χ2v) is 9.91. The van der Waals surface area contributed by atoms with E-state index in [-0.39, 0.29) is 11.9 Å². The molecule has 1 saturated heterocycles. The number of aromatic nitrogens is 5. The first kappa shape index (κ1) is 25.6. The van der Waals surface area contributed by atoms with Crippen molar-refractivity contribution >= 4 is 29.1 Å². The Morgan fingerprint density at radius 2 is 1.94 bits per heavy atom. The Morgan fingerprint density at radius 3 is 2.61 bits per heavy atom. The van der Waals surface area contributed by atoms with Gasteiger partial charge in [-0.05, 0) is 45.5 Å². The minimum absolute atomic E-state index is 0.176. The molecule has 36 heavy (non-hydrogen) atoms. The van der Waals surface area contributed by atoms with Gasteiger partial charge >= 0.3 is 0 Å². The number of pyridine rings is 1. The third-order valence-corrected chi connectivity index (χ3v) is 6.43. The summed E-state index contributed by atoms with van der Waals surface area (Å²) in [5, 5.41) is 7.99. The first-order chi connectivity index (χ1) is 17.2. The van der Waals surface area contributed by atoms with Crippen LogP contribution in [0.15, 0.2) is 18.5 Å². The quantitative estimate of drug-likeness (QED) is 0.459. The molecule has 0 aromatic carbocycles. The van der Waals surface area contributed by atoms with Gasteiger partial charge in [0.2, 0.25) is 11.9 Å². The second-order valence-electron chi connectivity index (χ2n) is 9.91. The fourth-order valence-electron chi connectivity index (χ4n) is 4.66. The zero-order chi connectivity index (χ0) is 25.8. The number of hydrogen-bond donors (Lipinski definition) is 2. The number of carbonyl (C=O) groups excluding carboxylic acids is 1. The molecule has 1 aliphatic heterocycles. The summed E-state index contributed by atoms with van der Waals surface area (Å²) in [6.07, 6.45) is 6.44. The van der Waals surface area contributed by atoms with Crippen molar-refractivity contribution in [3.63, 3.8) is 0 Å². The van der Waals surface area contributed by atoms with Gasteiger partial charge in [-0.15, -0.1) is 5.10 Å². The van der Waals surface area contributed by atoms with E-state index in [9.17, 15) is 4.79 Å². The average molecular weight is 495 g/mol. The molecular weight excluding hydrogens is 456 g/mol. The molecule has 0 bridgehead atoms. The number of anilines is 3. The third kappa shape index (κ3) is 5.84. The number of nitrogen functional groups attached to an aromatic ring is 1. The van der Waals surface area contributed by atoms with E-state index in [1.54, 1.807) is 10.7 Å². The second kappa shape index (κ2) is 11.1. The summed E-state index contributed by atoms with van der Waals surface area (Å²) in [4.78, 5) is 32.1. The van der Waals surface area contributed by atoms with Crippen molar-refractivity contribution in [3.05, 3.63) is 35.3 Å². The van der Waals surface area contributed by atoms with Gasteiger partial charge in [-0.25, -0.2) is 14.5 Å². The zero-order valence-corrected chi connectivity index (χ0v) is 22.0. The molecule has 0 saturated carbocycles. The highest BCUT2D eigenvalue weighted by molar-refractivity contribution is 5.78. The summed E-state index contributed by atoms with van der Waals surface area (Å²) in [6.45, 7) is 9.78. The van der Waals surface area contributed by atoms with Crippen molar-refractivity contribution in [1.82, 2.24) is 34.4 Å². The third-order valence-electron chi connectivity index (χ3n) is 6.43. The molecule has 0 spiro atoms. The van der Waals surface area contributed by atoms with E-state index in [0.717, 1.165) is 48.6 Å². The van der Waals surface area contributed by atoms with E-state index in [4.69, 9.17) is 10.7 Å². The highest BCUT2D eigenvalue weighted by Crippen LogP contribution is 2.22. The van der Waals surface area contributed by atoms with Gasteiger partial charge in [0.1, 0.15) is 5.82 Å². The summed E-state index contributed by atoms with van der Waals surface area (Å²) in [7, 11) is 3.84. The van der Waals surface area contributed by atoms with Crippen molar-refractivity contribution in [3.8, 4) is 0 Å². The van der Waals surface area contributed by atoms with Crippen LogP contribution in [-0.4, -0.2) is 93.1 Å². The Bertz CT molecular complexity index is 1200. The lowest BCUT2D eigenvalue weighted by atomic mass is 10.1. The van der Waals surface area contributed by atoms with E-state index in [0.29, 0.717) is 43.5 Å². The SMILES string of the molecule is CCC[C@@H](C)Nc1nc(N)c2ncc(Cc3cnc(N4CCN(C(=O)CN(C)C)CC4)c(C)c3)n2n1. The maximum Gasteiger partial charge on any atom is 0.243 e. The molecule has 4 rings (SSSR count). The Kier molecular flexibility index (Phi) is 7.88. The predicted octanol–water partition coefficient (Wildman–Crippen LogP) is 1.81. The van der Waals surface area contributed by atoms with Crippen molar-refractivity contribution in [1.29, 1.82) is 0 Å². The van der Waals surface area contributed by atoms with Crippen LogP contribution in [0.25, 0.3) is 5.65 Å². The number of nitrogens with zero attached hydrogens (tertiary/aromatic N) is 8. The molecule has 4 heterocycles. The number of imidazole rings is 1. The average Bonchev–Trinajstić information content (AvgIpc) is 3.22. The minimum atomic E-state index is 0.176. The number of piperazine rings is 1. The number of hydrogen-bond acceptors (Lipinski definition) is 9. The molecule has 0 radical (unpaired) electrons. The van der Waals surface area contributed by atoms with E-state index >= 15 is 0 Å². The highest BCUT2D eigenvalue weighted by atomic mass is 16.2. The summed E-state index contributed by atoms with van der Waals surface area (Å²) in [6, 6.07) is 2.42. The van der Waals surface area contributed by atoms with E-state index < -0.39 is 0 Å². The van der Waals surface area contributed by atoms with Crippen LogP contribution in [0.4, 0.5) is 17.6 Å². The molecule has 194 valence electrons. The maximum atomic E-state index is 12.4. The molecule has 3 aromatic heterocycles. The van der Waals surface area contributed by atoms with E-state index in [1.807, 2.05) is 30.1 Å². The summed E-state index contributed by atoms with van der Waals surface area (Å²) in [5.41, 5.74) is 9.84. The zero-order valence-electron chi connectivity index (χ0n) is 22.0. The molecule has 11 nitrogen and oxygen atoms in total. The molecule has 3 aromatic rings. The summed E-state index contributed by atoms with van der Waals surface area (Å²) >= 11 is 0. The van der Waals surface area contributed by atoms with Gasteiger partial charge in [0.25, 0.3) is 0 Å². The lowest BCUT2D eigenvalue weighted by molar-refractivity contribution is -0.132. The Morgan fingerprint density at radius 1 is 1.19 bits per heavy atom. The van der Waals surface area contributed by atoms with Gasteiger partial charge in [0.15, 0.2) is 11.5 Å². The molecule has 1 amide bonds. The van der Waals surface area contributed by atoms with Gasteiger partial charge < -0.3 is 25.8 Å². The first-order valence-electron chi connectivity index (χ1n) is 12.6. The van der Waals surface area contributed by atoms with Crippen molar-refractivity contribution in [2.45, 2.75) is 46.1 Å². The molecular formula is C25H38N10O. The van der Waals surface area contributed by atoms with Crippen molar-refractivity contribution in [2.75, 3.05) is 62.8 Å². The number of rotatable bonds is 9. The number of aryl methyl sites for hydroxylation is 1. The van der Waals surface area contributed by atoms with Gasteiger partial charge in [0.05, 0.1) is 18.4 Å². The van der Waals surface area contributed by atoms with Crippen LogP contribution in [0.5, 0.6) is 0 Å². The fraction of sp³-hybridized carbons (Fsp3) is 0.560. The van der Waals surface area contributed by atoms with Crippen LogP contribution in [-0.2, 0) is 11.2 Å². The van der Waals surface area contributed by atoms with Crippen LogP contribution < -0.4 is 16.0 Å². The van der Waals surface area contributed by atoms with Crippen molar-refractivity contribution in [2.24, 2.45) is 0 Å². The summed E-state index contributed by atoms with van der Waals surface area (Å²) in [5.74, 6) is 2.01. The highest BCUT2D eigenvalue weighted by Gasteiger charge is 2.23. The lowest BCUT2D eigenvalue weighted by Gasteiger charge is -2.36. The van der Waals surface area contributed by atoms with Crippen LogP contribution in [0.2, 0.25) is 0 Å². The molecule has 1 fully saturated rings. The molecule has 11 heteroatoms. The largest absolute Gasteiger partial charge is 0.380 e. The fourth-order valence-corrected chi connectivity index (χ4v) is 4.66. The standard InChI is InChI=1S/C25H38N10O/c1-6-7-18(3)29-25-30-22(26)24-28-15-20(35(24)31-25)13-19-12-17(2)23(27-14-19)34-10-8-33(9-11-34)21(36)16-32(4)5/h12,14-15,18H,6-11,13,16H2,1-5H3,(H3,26,29,30,31)/t18-/m1/s1. The van der Waals surface area contributed by atoms with E-state index in [1.165, 1.54) is 0 Å². The van der Waals surface area contributed by atoms with Gasteiger partial charge in [-0.1, -0.05) is 19.4 Å². The van der Waals surface area contributed by atoms with E-state index in [2.05, 4.69) is 52.1 Å². The van der Waals surface area contributed by atoms with Gasteiger partial charge in [0, 0.05) is 44.8 Å². The van der Waals surface area contributed by atoms with Crippen LogP contribution in [0.1, 0.15) is 43.5 Å².